The zero-order chi connectivity index (χ0) is 16.8. The molecule has 0 aliphatic heterocycles. The Morgan fingerprint density at radius 1 is 0.826 bits per heavy atom. The van der Waals surface area contributed by atoms with E-state index in [4.69, 9.17) is 0 Å². The zero-order valence-corrected chi connectivity index (χ0v) is 14.7. The number of fused-ring (bicyclic) bond motifs is 10. The van der Waals surface area contributed by atoms with Crippen LogP contribution in [-0.4, -0.2) is 11.6 Å². The van der Waals surface area contributed by atoms with Gasteiger partial charge in [0.15, 0.2) is 11.6 Å². The summed E-state index contributed by atoms with van der Waals surface area (Å²) >= 11 is 0. The highest BCUT2D eigenvalue weighted by atomic mass is 16.1. The topological polar surface area (TPSA) is 34.1 Å². The molecule has 0 aromatic rings. The van der Waals surface area contributed by atoms with Gasteiger partial charge in [-0.15, -0.1) is 0 Å². The number of carbonyl (C=O) groups excluding carboxylic acids is 2. The number of rotatable bonds is 0. The van der Waals surface area contributed by atoms with Gasteiger partial charge < -0.3 is 0 Å². The van der Waals surface area contributed by atoms with Crippen LogP contribution in [0, 0.1) is 5.92 Å². The van der Waals surface area contributed by atoms with E-state index in [0.29, 0.717) is 24.8 Å². The summed E-state index contributed by atoms with van der Waals surface area (Å²) in [5.74, 6) is 0.118. The number of hydrogen-bond donors (Lipinski definition) is 0. The van der Waals surface area contributed by atoms with E-state index in [2.05, 4.69) is 39.0 Å². The van der Waals surface area contributed by atoms with Crippen LogP contribution in [0.2, 0.25) is 0 Å². The lowest BCUT2D eigenvalue weighted by atomic mass is 9.82. The van der Waals surface area contributed by atoms with Crippen LogP contribution in [-0.2, 0) is 9.59 Å². The summed E-state index contributed by atoms with van der Waals surface area (Å²) in [5.41, 5.74) is 4.64. The third-order valence-electron chi connectivity index (χ3n) is 4.81. The summed E-state index contributed by atoms with van der Waals surface area (Å²) < 4.78 is 0. The van der Waals surface area contributed by atoms with Gasteiger partial charge in [-0.25, -0.2) is 0 Å². The molecule has 0 heterocycles. The number of ketones is 2. The van der Waals surface area contributed by atoms with Crippen molar-refractivity contribution in [3.05, 3.63) is 46.6 Å². The third kappa shape index (κ3) is 5.46. The zero-order valence-electron chi connectivity index (χ0n) is 14.7. The molecule has 2 heteroatoms. The van der Waals surface area contributed by atoms with Crippen LogP contribution in [0.4, 0.5) is 0 Å². The quantitative estimate of drug-likeness (QED) is 0.571. The molecular weight excluding hydrogens is 284 g/mol. The van der Waals surface area contributed by atoms with Gasteiger partial charge >= 0.3 is 0 Å². The van der Waals surface area contributed by atoms with Gasteiger partial charge in [0.2, 0.25) is 0 Å². The van der Waals surface area contributed by atoms with Gasteiger partial charge in [0.1, 0.15) is 0 Å². The SMILES string of the molecule is C/C1=C/CC/C(C)=C/CC/C(C)=C/CC2=CC(=O)[C@@H](CC2=O)C1. The lowest BCUT2D eigenvalue weighted by molar-refractivity contribution is -0.125. The Hall–Kier alpha value is -1.70. The Morgan fingerprint density at radius 2 is 1.43 bits per heavy atom. The molecule has 3 aliphatic rings. The highest BCUT2D eigenvalue weighted by Crippen LogP contribution is 2.27. The van der Waals surface area contributed by atoms with Crippen LogP contribution >= 0.6 is 0 Å². The van der Waals surface area contributed by atoms with E-state index in [-0.39, 0.29) is 17.5 Å². The van der Waals surface area contributed by atoms with Gasteiger partial charge in [0.05, 0.1) is 0 Å². The average Bonchev–Trinajstić information content (AvgIpc) is 2.48. The minimum absolute atomic E-state index is 0.126. The van der Waals surface area contributed by atoms with Gasteiger partial charge in [-0.3, -0.25) is 9.59 Å². The second-order valence-corrected chi connectivity index (χ2v) is 7.03. The van der Waals surface area contributed by atoms with Crippen LogP contribution in [0.15, 0.2) is 46.6 Å². The molecule has 23 heavy (non-hydrogen) atoms. The maximum Gasteiger partial charge on any atom is 0.160 e. The predicted molar refractivity (Wildman–Crippen MR) is 95.2 cm³/mol. The fourth-order valence-corrected chi connectivity index (χ4v) is 3.22. The van der Waals surface area contributed by atoms with Crippen LogP contribution < -0.4 is 0 Å². The lowest BCUT2D eigenvalue weighted by Crippen LogP contribution is -2.24. The first-order valence-electron chi connectivity index (χ1n) is 8.70. The van der Waals surface area contributed by atoms with Crippen molar-refractivity contribution >= 4 is 11.6 Å². The maximum absolute atomic E-state index is 12.3. The van der Waals surface area contributed by atoms with Crippen molar-refractivity contribution in [2.75, 3.05) is 0 Å². The largest absolute Gasteiger partial charge is 0.295 e. The summed E-state index contributed by atoms with van der Waals surface area (Å²) in [6.45, 7) is 6.38. The van der Waals surface area contributed by atoms with E-state index < -0.39 is 0 Å². The van der Waals surface area contributed by atoms with Gasteiger partial charge in [-0.2, -0.15) is 0 Å². The second kappa shape index (κ2) is 8.24. The Morgan fingerprint density at radius 3 is 2.13 bits per heavy atom. The molecule has 0 saturated carbocycles. The Kier molecular flexibility index (Phi) is 6.32. The van der Waals surface area contributed by atoms with E-state index in [1.54, 1.807) is 6.08 Å². The minimum Gasteiger partial charge on any atom is -0.295 e. The van der Waals surface area contributed by atoms with Gasteiger partial charge in [0.25, 0.3) is 0 Å². The third-order valence-corrected chi connectivity index (χ3v) is 4.81. The second-order valence-electron chi connectivity index (χ2n) is 7.03. The molecule has 0 amide bonds. The maximum atomic E-state index is 12.3. The molecule has 0 radical (unpaired) electrons. The summed E-state index contributed by atoms with van der Waals surface area (Å²) in [6.07, 6.45) is 14.1. The van der Waals surface area contributed by atoms with Crippen molar-refractivity contribution in [1.82, 2.24) is 0 Å². The van der Waals surface area contributed by atoms with E-state index in [1.807, 2.05) is 0 Å². The van der Waals surface area contributed by atoms with Crippen molar-refractivity contribution in [2.45, 2.75) is 65.7 Å². The monoisotopic (exact) mass is 312 g/mol. The number of carbonyl (C=O) groups is 2. The summed E-state index contributed by atoms with van der Waals surface area (Å²) in [4.78, 5) is 24.6. The molecule has 0 saturated heterocycles. The van der Waals surface area contributed by atoms with Crippen molar-refractivity contribution in [3.63, 3.8) is 0 Å². The van der Waals surface area contributed by atoms with Gasteiger partial charge in [-0.1, -0.05) is 34.9 Å². The summed E-state index contributed by atoms with van der Waals surface area (Å²) in [5, 5.41) is 0. The molecular formula is C21H28O2. The van der Waals surface area contributed by atoms with Crippen molar-refractivity contribution < 1.29 is 9.59 Å². The molecule has 3 rings (SSSR count). The molecule has 0 spiro atoms. The van der Waals surface area contributed by atoms with Crippen LogP contribution in [0.3, 0.4) is 0 Å². The smallest absolute Gasteiger partial charge is 0.160 e. The molecule has 1 atom stereocenters. The first-order chi connectivity index (χ1) is 11.0. The fraction of sp³-hybridized carbons (Fsp3) is 0.524. The molecule has 124 valence electrons. The normalized spacial score (nSPS) is 31.5. The van der Waals surface area contributed by atoms with E-state index in [9.17, 15) is 9.59 Å². The average molecular weight is 312 g/mol. The van der Waals surface area contributed by atoms with E-state index in [1.165, 1.54) is 16.7 Å². The molecule has 0 N–H and O–H groups in total. The Labute approximate surface area is 140 Å². The van der Waals surface area contributed by atoms with Crippen LogP contribution in [0.1, 0.15) is 65.7 Å². The Bertz CT molecular complexity index is 599. The molecule has 2 bridgehead atoms. The highest BCUT2D eigenvalue weighted by Gasteiger charge is 2.27. The minimum atomic E-state index is -0.155. The molecule has 0 aromatic carbocycles. The van der Waals surface area contributed by atoms with E-state index in [0.717, 1.165) is 25.7 Å². The number of Topliss-reactive ketones (excluding diaryl/α,β-unsaturated/α-hetero) is 1. The predicted octanol–water partition coefficient (Wildman–Crippen LogP) is 5.26. The molecule has 0 fully saturated rings. The van der Waals surface area contributed by atoms with Crippen LogP contribution in [0.5, 0.6) is 0 Å². The van der Waals surface area contributed by atoms with Crippen molar-refractivity contribution in [2.24, 2.45) is 5.92 Å². The summed E-state index contributed by atoms with van der Waals surface area (Å²) in [7, 11) is 0. The van der Waals surface area contributed by atoms with Crippen molar-refractivity contribution in [1.29, 1.82) is 0 Å². The molecule has 0 aromatic heterocycles. The molecule has 3 aliphatic carbocycles. The van der Waals surface area contributed by atoms with Crippen LogP contribution in [0.25, 0.3) is 0 Å². The highest BCUT2D eigenvalue weighted by molar-refractivity contribution is 6.09. The van der Waals surface area contributed by atoms with Gasteiger partial charge in [0, 0.05) is 17.9 Å². The number of allylic oxidation sites excluding steroid dienone is 8. The summed E-state index contributed by atoms with van der Waals surface area (Å²) in [6, 6.07) is 0. The van der Waals surface area contributed by atoms with Crippen molar-refractivity contribution in [3.8, 4) is 0 Å². The molecule has 0 unspecified atom stereocenters. The van der Waals surface area contributed by atoms with E-state index >= 15 is 0 Å². The number of hydrogen-bond acceptors (Lipinski definition) is 2. The molecule has 2 nitrogen and oxygen atoms in total. The first kappa shape index (κ1) is 17.7. The Balaban J connectivity index is 2.22. The first-order valence-corrected chi connectivity index (χ1v) is 8.70. The fourth-order valence-electron chi connectivity index (χ4n) is 3.22. The standard InChI is InChI=1S/C21H28O2/c1-15-6-4-8-16(2)10-11-18-13-21(23)19(14-20(18)22)12-17(3)9-5-7-15/h6,9-10,13,19H,4-5,7-8,11-12,14H2,1-3H3/b15-6+,16-10+,17-9-/t19-/m1/s1. The van der Waals surface area contributed by atoms with Gasteiger partial charge in [-0.05, 0) is 65.4 Å². The lowest BCUT2D eigenvalue weighted by Gasteiger charge is -2.20.